The molecule has 0 bridgehead atoms. The van der Waals surface area contributed by atoms with Gasteiger partial charge in [0.05, 0.1) is 17.2 Å². The summed E-state index contributed by atoms with van der Waals surface area (Å²) in [4.78, 5) is 26.9. The molecule has 35 heavy (non-hydrogen) atoms. The first-order valence-corrected chi connectivity index (χ1v) is 11.7. The minimum Gasteiger partial charge on any atom is -0.368 e. The van der Waals surface area contributed by atoms with E-state index in [0.29, 0.717) is 17.3 Å². The molecule has 3 heterocycles. The third-order valence-corrected chi connectivity index (χ3v) is 6.85. The van der Waals surface area contributed by atoms with Gasteiger partial charge in [0.1, 0.15) is 6.54 Å². The monoisotopic (exact) mass is 472 g/mol. The molecule has 1 aliphatic rings. The normalized spacial score (nSPS) is 14.6. The average molecular weight is 473 g/mol. The molecule has 0 saturated heterocycles. The molecule has 0 radical (unpaired) electrons. The summed E-state index contributed by atoms with van der Waals surface area (Å²) in [6.45, 7) is 4.11. The van der Waals surface area contributed by atoms with Crippen LogP contribution in [0, 0.1) is 0 Å². The van der Waals surface area contributed by atoms with Crippen molar-refractivity contribution in [3.05, 3.63) is 60.4 Å². The zero-order valence-corrected chi connectivity index (χ0v) is 20.0. The van der Waals surface area contributed by atoms with E-state index >= 15 is 0 Å². The summed E-state index contributed by atoms with van der Waals surface area (Å²) < 4.78 is 7.22. The van der Waals surface area contributed by atoms with Gasteiger partial charge < -0.3 is 15.2 Å². The number of amides is 1. The number of nitrogens with zero attached hydrogens (tertiary/aromatic N) is 7. The molecular weight excluding hydrogens is 444 g/mol. The van der Waals surface area contributed by atoms with Crippen LogP contribution in [0.1, 0.15) is 44.5 Å². The molecule has 10 nitrogen and oxygen atoms in total. The average Bonchev–Trinajstić information content (AvgIpc) is 3.49. The van der Waals surface area contributed by atoms with Crippen LogP contribution in [-0.2, 0) is 16.8 Å². The SMILES string of the molecule is CC(C)N(C)C(=O)Cn1cc(-c2nc(C3(c4ccc(-c5cnc(N)nc5)cc4)CCC3)no2)cn1. The zero-order chi connectivity index (χ0) is 24.6. The number of nitrogen functional groups attached to an aromatic ring is 1. The summed E-state index contributed by atoms with van der Waals surface area (Å²) in [6.07, 6.45) is 9.85. The summed E-state index contributed by atoms with van der Waals surface area (Å²) in [5.41, 5.74) is 9.09. The van der Waals surface area contributed by atoms with Crippen molar-refractivity contribution >= 4 is 11.9 Å². The van der Waals surface area contributed by atoms with E-state index in [-0.39, 0.29) is 29.9 Å². The fourth-order valence-electron chi connectivity index (χ4n) is 4.27. The zero-order valence-electron chi connectivity index (χ0n) is 20.0. The molecule has 180 valence electrons. The smallest absolute Gasteiger partial charge is 0.261 e. The van der Waals surface area contributed by atoms with Gasteiger partial charge in [-0.15, -0.1) is 0 Å². The Labute approximate surface area is 203 Å². The van der Waals surface area contributed by atoms with E-state index in [1.165, 1.54) is 0 Å². The molecule has 3 aromatic heterocycles. The first-order chi connectivity index (χ1) is 16.9. The van der Waals surface area contributed by atoms with Gasteiger partial charge in [-0.3, -0.25) is 9.48 Å². The van der Waals surface area contributed by atoms with E-state index in [1.807, 2.05) is 13.8 Å². The van der Waals surface area contributed by atoms with E-state index in [9.17, 15) is 4.79 Å². The number of rotatable bonds is 7. The Morgan fingerprint density at radius 2 is 1.83 bits per heavy atom. The number of nitrogens with two attached hydrogens (primary N) is 1. The minimum absolute atomic E-state index is 0.0109. The van der Waals surface area contributed by atoms with Crippen molar-refractivity contribution in [1.82, 2.24) is 34.8 Å². The van der Waals surface area contributed by atoms with Crippen LogP contribution in [0.4, 0.5) is 5.95 Å². The van der Waals surface area contributed by atoms with Gasteiger partial charge in [0.2, 0.25) is 11.9 Å². The Balaban J connectivity index is 1.35. The molecule has 1 amide bonds. The fourth-order valence-corrected chi connectivity index (χ4v) is 4.27. The maximum absolute atomic E-state index is 12.4. The lowest BCUT2D eigenvalue weighted by Gasteiger charge is -2.39. The van der Waals surface area contributed by atoms with E-state index < -0.39 is 0 Å². The first kappa shape index (κ1) is 22.7. The number of aromatic nitrogens is 6. The van der Waals surface area contributed by atoms with E-state index in [2.05, 4.69) is 44.5 Å². The molecule has 1 fully saturated rings. The van der Waals surface area contributed by atoms with Crippen molar-refractivity contribution < 1.29 is 9.32 Å². The van der Waals surface area contributed by atoms with Gasteiger partial charge in [0.25, 0.3) is 5.89 Å². The van der Waals surface area contributed by atoms with Crippen molar-refractivity contribution in [3.63, 3.8) is 0 Å². The summed E-state index contributed by atoms with van der Waals surface area (Å²) >= 11 is 0. The van der Waals surface area contributed by atoms with Gasteiger partial charge in [0, 0.05) is 37.2 Å². The number of hydrogen-bond acceptors (Lipinski definition) is 8. The van der Waals surface area contributed by atoms with Crippen molar-refractivity contribution in [3.8, 4) is 22.6 Å². The Hall–Kier alpha value is -4.08. The van der Waals surface area contributed by atoms with Gasteiger partial charge in [-0.05, 0) is 37.8 Å². The molecule has 1 aromatic carbocycles. The number of anilines is 1. The molecule has 10 heteroatoms. The highest BCUT2D eigenvalue weighted by atomic mass is 16.5. The Kier molecular flexibility index (Phi) is 5.80. The summed E-state index contributed by atoms with van der Waals surface area (Å²) in [5, 5.41) is 8.65. The second kappa shape index (κ2) is 8.94. The van der Waals surface area contributed by atoms with E-state index in [0.717, 1.165) is 36.0 Å². The predicted octanol–water partition coefficient (Wildman–Crippen LogP) is 3.31. The largest absolute Gasteiger partial charge is 0.368 e. The second-order valence-electron chi connectivity index (χ2n) is 9.29. The van der Waals surface area contributed by atoms with Gasteiger partial charge >= 0.3 is 0 Å². The summed E-state index contributed by atoms with van der Waals surface area (Å²) in [7, 11) is 1.79. The lowest BCUT2D eigenvalue weighted by molar-refractivity contribution is -0.132. The summed E-state index contributed by atoms with van der Waals surface area (Å²) in [5.74, 6) is 1.32. The third kappa shape index (κ3) is 4.27. The molecule has 5 rings (SSSR count). The molecule has 1 aliphatic carbocycles. The van der Waals surface area contributed by atoms with Crippen molar-refractivity contribution in [2.75, 3.05) is 12.8 Å². The minimum atomic E-state index is -0.274. The van der Waals surface area contributed by atoms with Gasteiger partial charge in [-0.2, -0.15) is 10.1 Å². The number of carbonyl (C=O) groups is 1. The Bertz CT molecular complexity index is 1320. The Morgan fingerprint density at radius 3 is 2.46 bits per heavy atom. The number of benzene rings is 1. The van der Waals surface area contributed by atoms with Crippen LogP contribution >= 0.6 is 0 Å². The predicted molar refractivity (Wildman–Crippen MR) is 130 cm³/mol. The third-order valence-electron chi connectivity index (χ3n) is 6.85. The van der Waals surface area contributed by atoms with Crippen LogP contribution in [0.25, 0.3) is 22.6 Å². The molecule has 0 aliphatic heterocycles. The summed E-state index contributed by atoms with van der Waals surface area (Å²) in [6, 6.07) is 8.45. The second-order valence-corrected chi connectivity index (χ2v) is 9.29. The Morgan fingerprint density at radius 1 is 1.11 bits per heavy atom. The van der Waals surface area contributed by atoms with Crippen molar-refractivity contribution in [2.24, 2.45) is 0 Å². The van der Waals surface area contributed by atoms with Gasteiger partial charge in [-0.25, -0.2) is 9.97 Å². The van der Waals surface area contributed by atoms with Crippen LogP contribution in [0.15, 0.2) is 53.6 Å². The van der Waals surface area contributed by atoms with Gasteiger partial charge in [0.15, 0.2) is 5.82 Å². The molecule has 0 atom stereocenters. The molecule has 0 unspecified atom stereocenters. The van der Waals surface area contributed by atoms with Crippen LogP contribution in [0.2, 0.25) is 0 Å². The first-order valence-electron chi connectivity index (χ1n) is 11.7. The van der Waals surface area contributed by atoms with E-state index in [4.69, 9.17) is 15.2 Å². The molecule has 0 spiro atoms. The van der Waals surface area contributed by atoms with Gasteiger partial charge in [-0.1, -0.05) is 35.8 Å². The molecule has 4 aromatic rings. The van der Waals surface area contributed by atoms with Crippen LogP contribution < -0.4 is 5.73 Å². The molecule has 2 N–H and O–H groups in total. The maximum Gasteiger partial charge on any atom is 0.261 e. The highest BCUT2D eigenvalue weighted by Gasteiger charge is 2.44. The number of likely N-dealkylation sites (N-methyl/N-ethyl adjacent to an activating group) is 1. The van der Waals surface area contributed by atoms with Crippen LogP contribution in [0.5, 0.6) is 0 Å². The standard InChI is InChI=1S/C25H28N8O2/c1-16(2)32(3)21(34)15-33-14-19(13-29-33)22-30-23(31-35-22)25(9-4-10-25)20-7-5-17(6-8-20)18-11-27-24(26)28-12-18/h5-8,11-14,16H,4,9-10,15H2,1-3H3,(H2,26,27,28). The van der Waals surface area contributed by atoms with Crippen LogP contribution in [0.3, 0.4) is 0 Å². The van der Waals surface area contributed by atoms with Crippen LogP contribution in [-0.4, -0.2) is 53.8 Å². The number of hydrogen-bond donors (Lipinski definition) is 1. The maximum atomic E-state index is 12.4. The lowest BCUT2D eigenvalue weighted by Crippen LogP contribution is -2.36. The lowest BCUT2D eigenvalue weighted by atomic mass is 9.64. The van der Waals surface area contributed by atoms with E-state index in [1.54, 1.807) is 41.4 Å². The molecular formula is C25H28N8O2. The highest BCUT2D eigenvalue weighted by molar-refractivity contribution is 5.76. The quantitative estimate of drug-likeness (QED) is 0.434. The fraction of sp³-hybridized carbons (Fsp3) is 0.360. The topological polar surface area (TPSA) is 129 Å². The van der Waals surface area contributed by atoms with Crippen molar-refractivity contribution in [1.29, 1.82) is 0 Å². The highest BCUT2D eigenvalue weighted by Crippen LogP contribution is 2.48. The van der Waals surface area contributed by atoms with Crippen molar-refractivity contribution in [2.45, 2.75) is 51.1 Å². The molecule has 1 saturated carbocycles. The number of carbonyl (C=O) groups excluding carboxylic acids is 1.